The van der Waals surface area contributed by atoms with Crippen molar-refractivity contribution in [3.63, 3.8) is 0 Å². The Morgan fingerprint density at radius 1 is 1.38 bits per heavy atom. The summed E-state index contributed by atoms with van der Waals surface area (Å²) in [6.07, 6.45) is 3.26. The Bertz CT molecular complexity index is 386. The minimum atomic E-state index is 0.320. The van der Waals surface area contributed by atoms with Gasteiger partial charge in [-0.1, -0.05) is 5.21 Å². The lowest BCUT2D eigenvalue weighted by atomic mass is 10.3. The maximum absolute atomic E-state index is 4.87. The molecule has 13 heavy (non-hydrogen) atoms. The van der Waals surface area contributed by atoms with E-state index in [0.717, 1.165) is 0 Å². The summed E-state index contributed by atoms with van der Waals surface area (Å²) in [4.78, 5) is 7.95. The molecule has 2 heterocycles. The van der Waals surface area contributed by atoms with E-state index in [1.165, 1.54) is 7.11 Å². The highest BCUT2D eigenvalue weighted by Gasteiger charge is 2.03. The number of hydrogen-bond acceptors (Lipinski definition) is 5. The first kappa shape index (κ1) is 7.66. The maximum Gasteiger partial charge on any atom is 0.316 e. The molecule has 6 heteroatoms. The molecule has 0 amide bonds. The second kappa shape index (κ2) is 3.18. The van der Waals surface area contributed by atoms with Crippen molar-refractivity contribution < 1.29 is 4.74 Å². The predicted octanol–water partition coefficient (Wildman–Crippen LogP) is 0.270. The number of ether oxygens (including phenoxy) is 1. The van der Waals surface area contributed by atoms with Gasteiger partial charge in [0.2, 0.25) is 0 Å². The lowest BCUT2D eigenvalue weighted by Crippen LogP contribution is -1.92. The van der Waals surface area contributed by atoms with E-state index < -0.39 is 0 Å². The van der Waals surface area contributed by atoms with Crippen LogP contribution in [0.25, 0.3) is 11.4 Å². The van der Waals surface area contributed by atoms with E-state index in [0.29, 0.717) is 17.4 Å². The Morgan fingerprint density at radius 2 is 2.31 bits per heavy atom. The number of rotatable bonds is 2. The third-order valence-electron chi connectivity index (χ3n) is 1.50. The minimum Gasteiger partial charge on any atom is -0.467 e. The molecule has 0 aliphatic carbocycles. The van der Waals surface area contributed by atoms with Crippen LogP contribution in [0.15, 0.2) is 18.5 Å². The van der Waals surface area contributed by atoms with Crippen LogP contribution < -0.4 is 4.74 Å². The number of H-pyrrole nitrogens is 1. The molecule has 1 N–H and O–H groups in total. The number of nitrogens with zero attached hydrogens (tertiary/aromatic N) is 4. The van der Waals surface area contributed by atoms with Crippen molar-refractivity contribution in [3.8, 4) is 17.4 Å². The van der Waals surface area contributed by atoms with Gasteiger partial charge >= 0.3 is 6.01 Å². The molecule has 0 saturated heterocycles. The van der Waals surface area contributed by atoms with E-state index in [2.05, 4.69) is 25.4 Å². The van der Waals surface area contributed by atoms with E-state index in [-0.39, 0.29) is 0 Å². The normalized spacial score (nSPS) is 9.92. The molecule has 0 radical (unpaired) electrons. The number of methoxy groups -OCH3 is 1. The molecule has 0 fully saturated rings. The molecular weight excluding hydrogens is 170 g/mol. The molecule has 2 aromatic rings. The number of aromatic nitrogens is 5. The van der Waals surface area contributed by atoms with E-state index in [1.54, 1.807) is 18.5 Å². The van der Waals surface area contributed by atoms with Crippen LogP contribution in [-0.2, 0) is 0 Å². The third-order valence-corrected chi connectivity index (χ3v) is 1.50. The summed E-state index contributed by atoms with van der Waals surface area (Å²) in [5.74, 6) is 0. The molecule has 0 aliphatic rings. The minimum absolute atomic E-state index is 0.320. The summed E-state index contributed by atoms with van der Waals surface area (Å²) in [5.41, 5.74) is 1.35. The van der Waals surface area contributed by atoms with Crippen LogP contribution >= 0.6 is 0 Å². The highest BCUT2D eigenvalue weighted by atomic mass is 16.5. The van der Waals surface area contributed by atoms with Gasteiger partial charge in [0, 0.05) is 6.20 Å². The standard InChI is InChI=1S/C7H7N5O/c1-13-7-8-3-2-5(10-7)6-4-9-12-11-6/h2-4H,1H3,(H,9,11,12). The molecule has 0 unspecified atom stereocenters. The third kappa shape index (κ3) is 1.46. The fourth-order valence-corrected chi connectivity index (χ4v) is 0.909. The van der Waals surface area contributed by atoms with Crippen molar-refractivity contribution in [1.82, 2.24) is 25.4 Å². The number of aromatic amines is 1. The fourth-order valence-electron chi connectivity index (χ4n) is 0.909. The van der Waals surface area contributed by atoms with Gasteiger partial charge in [-0.3, -0.25) is 5.10 Å². The van der Waals surface area contributed by atoms with Gasteiger partial charge in [0.15, 0.2) is 0 Å². The molecule has 0 saturated carbocycles. The molecule has 0 bridgehead atoms. The van der Waals surface area contributed by atoms with Gasteiger partial charge in [-0.2, -0.15) is 4.98 Å². The van der Waals surface area contributed by atoms with E-state index >= 15 is 0 Å². The topological polar surface area (TPSA) is 76.6 Å². The largest absolute Gasteiger partial charge is 0.467 e. The summed E-state index contributed by atoms with van der Waals surface area (Å²) in [6.45, 7) is 0. The average Bonchev–Trinajstić information content (AvgIpc) is 2.71. The van der Waals surface area contributed by atoms with Crippen molar-refractivity contribution in [1.29, 1.82) is 0 Å². The Balaban J connectivity index is 2.41. The van der Waals surface area contributed by atoms with Crippen LogP contribution in [0.2, 0.25) is 0 Å². The van der Waals surface area contributed by atoms with Gasteiger partial charge in [-0.05, 0) is 6.07 Å². The van der Waals surface area contributed by atoms with Crippen LogP contribution in [0.3, 0.4) is 0 Å². The second-order valence-electron chi connectivity index (χ2n) is 2.29. The zero-order valence-electron chi connectivity index (χ0n) is 6.93. The van der Waals surface area contributed by atoms with Gasteiger partial charge in [0.25, 0.3) is 0 Å². The van der Waals surface area contributed by atoms with Gasteiger partial charge in [0.05, 0.1) is 19.0 Å². The van der Waals surface area contributed by atoms with Crippen LogP contribution in [0.5, 0.6) is 6.01 Å². The van der Waals surface area contributed by atoms with Gasteiger partial charge in [0.1, 0.15) is 5.69 Å². The Labute approximate surface area is 74.0 Å². The Morgan fingerprint density at radius 3 is 3.00 bits per heavy atom. The van der Waals surface area contributed by atoms with Crippen molar-refractivity contribution in [2.45, 2.75) is 0 Å². The first-order valence-corrected chi connectivity index (χ1v) is 3.64. The molecule has 6 nitrogen and oxygen atoms in total. The quantitative estimate of drug-likeness (QED) is 0.712. The first-order valence-electron chi connectivity index (χ1n) is 3.64. The zero-order valence-corrected chi connectivity index (χ0v) is 6.93. The summed E-state index contributed by atoms with van der Waals surface area (Å²) < 4.78 is 4.87. The SMILES string of the molecule is COc1nccc(-c2c[nH]nn2)n1. The van der Waals surface area contributed by atoms with Crippen molar-refractivity contribution in [3.05, 3.63) is 18.5 Å². The molecule has 2 rings (SSSR count). The van der Waals surface area contributed by atoms with Crippen molar-refractivity contribution in [2.75, 3.05) is 7.11 Å². The Kier molecular flexibility index (Phi) is 1.87. The van der Waals surface area contributed by atoms with Crippen molar-refractivity contribution >= 4 is 0 Å². The second-order valence-corrected chi connectivity index (χ2v) is 2.29. The molecular formula is C7H7N5O. The number of nitrogens with one attached hydrogen (secondary N) is 1. The first-order chi connectivity index (χ1) is 6.40. The number of hydrogen-bond donors (Lipinski definition) is 1. The van der Waals surface area contributed by atoms with Crippen LogP contribution in [0.1, 0.15) is 0 Å². The molecule has 2 aromatic heterocycles. The molecule has 0 aromatic carbocycles. The molecule has 66 valence electrons. The summed E-state index contributed by atoms with van der Waals surface area (Å²) in [5, 5.41) is 9.99. The zero-order chi connectivity index (χ0) is 9.10. The van der Waals surface area contributed by atoms with Gasteiger partial charge < -0.3 is 4.74 Å². The van der Waals surface area contributed by atoms with E-state index in [9.17, 15) is 0 Å². The summed E-state index contributed by atoms with van der Waals surface area (Å²) in [6, 6.07) is 2.06. The fraction of sp³-hybridized carbons (Fsp3) is 0.143. The van der Waals surface area contributed by atoms with Crippen LogP contribution in [0, 0.1) is 0 Å². The summed E-state index contributed by atoms with van der Waals surface area (Å²) in [7, 11) is 1.52. The van der Waals surface area contributed by atoms with Crippen molar-refractivity contribution in [2.24, 2.45) is 0 Å². The van der Waals surface area contributed by atoms with Gasteiger partial charge in [-0.25, -0.2) is 4.98 Å². The molecule has 0 aliphatic heterocycles. The predicted molar refractivity (Wildman–Crippen MR) is 44.0 cm³/mol. The molecule has 0 atom stereocenters. The highest BCUT2D eigenvalue weighted by molar-refractivity contribution is 5.51. The Hall–Kier alpha value is -1.98. The molecule has 0 spiro atoms. The maximum atomic E-state index is 4.87. The summed E-state index contributed by atoms with van der Waals surface area (Å²) >= 11 is 0. The van der Waals surface area contributed by atoms with E-state index in [4.69, 9.17) is 4.74 Å². The van der Waals surface area contributed by atoms with Crippen LogP contribution in [0.4, 0.5) is 0 Å². The average molecular weight is 177 g/mol. The van der Waals surface area contributed by atoms with E-state index in [1.807, 2.05) is 0 Å². The smallest absolute Gasteiger partial charge is 0.316 e. The van der Waals surface area contributed by atoms with Gasteiger partial charge in [-0.15, -0.1) is 5.10 Å². The lowest BCUT2D eigenvalue weighted by molar-refractivity contribution is 0.380. The monoisotopic (exact) mass is 177 g/mol. The lowest BCUT2D eigenvalue weighted by Gasteiger charge is -1.97. The highest BCUT2D eigenvalue weighted by Crippen LogP contribution is 2.13. The van der Waals surface area contributed by atoms with Crippen LogP contribution in [-0.4, -0.2) is 32.5 Å².